The molecule has 0 saturated carbocycles. The summed E-state index contributed by atoms with van der Waals surface area (Å²) in [4.78, 5) is 15.4. The molecule has 0 atom stereocenters. The van der Waals surface area contributed by atoms with Crippen molar-refractivity contribution < 1.29 is 4.79 Å². The van der Waals surface area contributed by atoms with E-state index in [0.717, 1.165) is 5.56 Å². The summed E-state index contributed by atoms with van der Waals surface area (Å²) < 4.78 is 0. The summed E-state index contributed by atoms with van der Waals surface area (Å²) in [6.45, 7) is 10.7. The highest BCUT2D eigenvalue weighted by Crippen LogP contribution is 2.31. The fourth-order valence-corrected chi connectivity index (χ4v) is 2.02. The molecular formula is C15H23N3O. The van der Waals surface area contributed by atoms with Crippen LogP contribution in [0.4, 0.5) is 0 Å². The molecule has 4 N–H and O–H groups in total. The van der Waals surface area contributed by atoms with Gasteiger partial charge in [-0.3, -0.25) is 4.79 Å². The van der Waals surface area contributed by atoms with Gasteiger partial charge in [0.2, 0.25) is 0 Å². The summed E-state index contributed by atoms with van der Waals surface area (Å²) in [5, 5.41) is 0. The molecule has 0 spiro atoms. The van der Waals surface area contributed by atoms with Crippen LogP contribution in [-0.2, 0) is 5.41 Å². The van der Waals surface area contributed by atoms with Crippen molar-refractivity contribution in [3.8, 4) is 0 Å². The standard InChI is InChI=1S/C15H23N3O/c1-9(2)11-7-6-10(13(19)18-14(16)17)8-12(11)15(3,4)5/h6-9H,1-5H3,(H4,16,17,18,19). The lowest BCUT2D eigenvalue weighted by molar-refractivity contribution is 0.100. The van der Waals surface area contributed by atoms with E-state index in [4.69, 9.17) is 11.5 Å². The average Bonchev–Trinajstić information content (AvgIpc) is 2.25. The third-order valence-corrected chi connectivity index (χ3v) is 2.96. The van der Waals surface area contributed by atoms with Crippen LogP contribution in [0.2, 0.25) is 0 Å². The Kier molecular flexibility index (Phi) is 4.35. The number of carbonyl (C=O) groups excluding carboxylic acids is 1. The highest BCUT2D eigenvalue weighted by atomic mass is 16.1. The van der Waals surface area contributed by atoms with Crippen molar-refractivity contribution in [2.24, 2.45) is 16.5 Å². The van der Waals surface area contributed by atoms with Crippen LogP contribution < -0.4 is 11.5 Å². The Bertz CT molecular complexity index is 507. The quantitative estimate of drug-likeness (QED) is 0.634. The van der Waals surface area contributed by atoms with Crippen molar-refractivity contribution in [3.63, 3.8) is 0 Å². The van der Waals surface area contributed by atoms with Crippen LogP contribution in [0.15, 0.2) is 23.2 Å². The third kappa shape index (κ3) is 3.81. The monoisotopic (exact) mass is 261 g/mol. The van der Waals surface area contributed by atoms with Gasteiger partial charge >= 0.3 is 0 Å². The topological polar surface area (TPSA) is 81.5 Å². The zero-order valence-corrected chi connectivity index (χ0v) is 12.3. The van der Waals surface area contributed by atoms with E-state index in [1.807, 2.05) is 12.1 Å². The van der Waals surface area contributed by atoms with E-state index >= 15 is 0 Å². The first-order valence-corrected chi connectivity index (χ1v) is 6.41. The number of carbonyl (C=O) groups is 1. The van der Waals surface area contributed by atoms with Crippen molar-refractivity contribution in [1.82, 2.24) is 0 Å². The third-order valence-electron chi connectivity index (χ3n) is 2.96. The molecule has 1 aromatic rings. The molecule has 0 aliphatic rings. The van der Waals surface area contributed by atoms with Gasteiger partial charge in [-0.05, 0) is 34.6 Å². The molecule has 0 aliphatic carbocycles. The largest absolute Gasteiger partial charge is 0.370 e. The Balaban J connectivity index is 3.35. The first-order chi connectivity index (χ1) is 8.62. The highest BCUT2D eigenvalue weighted by Gasteiger charge is 2.21. The number of aliphatic imine (C=N–C) groups is 1. The number of hydrogen-bond acceptors (Lipinski definition) is 1. The van der Waals surface area contributed by atoms with Crippen molar-refractivity contribution in [2.45, 2.75) is 46.0 Å². The van der Waals surface area contributed by atoms with E-state index < -0.39 is 5.91 Å². The molecular weight excluding hydrogens is 238 g/mol. The molecule has 1 amide bonds. The molecule has 1 rings (SSSR count). The maximum atomic E-state index is 11.9. The summed E-state index contributed by atoms with van der Waals surface area (Å²) in [6.07, 6.45) is 0. The average molecular weight is 261 g/mol. The number of amides is 1. The summed E-state index contributed by atoms with van der Waals surface area (Å²) in [5.41, 5.74) is 13.4. The first kappa shape index (κ1) is 15.2. The van der Waals surface area contributed by atoms with Gasteiger partial charge in [0.05, 0.1) is 0 Å². The Hall–Kier alpha value is -1.84. The van der Waals surface area contributed by atoms with E-state index in [2.05, 4.69) is 39.6 Å². The molecule has 4 nitrogen and oxygen atoms in total. The Morgan fingerprint density at radius 2 is 1.79 bits per heavy atom. The second-order valence-corrected chi connectivity index (χ2v) is 6.05. The Morgan fingerprint density at radius 1 is 1.21 bits per heavy atom. The van der Waals surface area contributed by atoms with Gasteiger partial charge in [-0.2, -0.15) is 4.99 Å². The van der Waals surface area contributed by atoms with Crippen LogP contribution >= 0.6 is 0 Å². The SMILES string of the molecule is CC(C)c1ccc(C(=O)N=C(N)N)cc1C(C)(C)C. The second-order valence-electron chi connectivity index (χ2n) is 6.05. The molecule has 104 valence electrons. The fourth-order valence-electron chi connectivity index (χ4n) is 2.02. The predicted octanol–water partition coefficient (Wildman–Crippen LogP) is 2.52. The molecule has 0 aliphatic heterocycles. The minimum atomic E-state index is -0.402. The number of guanidine groups is 1. The number of nitrogens with two attached hydrogens (primary N) is 2. The summed E-state index contributed by atoms with van der Waals surface area (Å²) in [6, 6.07) is 5.66. The summed E-state index contributed by atoms with van der Waals surface area (Å²) >= 11 is 0. The van der Waals surface area contributed by atoms with Crippen molar-refractivity contribution in [3.05, 3.63) is 34.9 Å². The second kappa shape index (κ2) is 5.43. The maximum absolute atomic E-state index is 11.9. The lowest BCUT2D eigenvalue weighted by Crippen LogP contribution is -2.24. The van der Waals surface area contributed by atoms with Crippen LogP contribution in [0.5, 0.6) is 0 Å². The van der Waals surface area contributed by atoms with Gasteiger partial charge in [0.15, 0.2) is 5.96 Å². The number of benzene rings is 1. The van der Waals surface area contributed by atoms with Gasteiger partial charge in [-0.25, -0.2) is 0 Å². The van der Waals surface area contributed by atoms with Gasteiger partial charge in [-0.1, -0.05) is 40.7 Å². The van der Waals surface area contributed by atoms with E-state index in [0.29, 0.717) is 11.5 Å². The molecule has 1 aromatic carbocycles. The lowest BCUT2D eigenvalue weighted by Gasteiger charge is -2.25. The van der Waals surface area contributed by atoms with E-state index in [9.17, 15) is 4.79 Å². The minimum Gasteiger partial charge on any atom is -0.370 e. The van der Waals surface area contributed by atoms with Crippen molar-refractivity contribution in [2.75, 3.05) is 0 Å². The molecule has 0 heterocycles. The number of hydrogen-bond donors (Lipinski definition) is 2. The van der Waals surface area contributed by atoms with Gasteiger partial charge in [0.25, 0.3) is 5.91 Å². The molecule has 0 unspecified atom stereocenters. The van der Waals surface area contributed by atoms with Gasteiger partial charge in [0, 0.05) is 5.56 Å². The van der Waals surface area contributed by atoms with Crippen molar-refractivity contribution >= 4 is 11.9 Å². The lowest BCUT2D eigenvalue weighted by atomic mass is 9.80. The first-order valence-electron chi connectivity index (χ1n) is 6.41. The van der Waals surface area contributed by atoms with E-state index in [1.54, 1.807) is 6.07 Å². The number of rotatable bonds is 2. The highest BCUT2D eigenvalue weighted by molar-refractivity contribution is 6.02. The van der Waals surface area contributed by atoms with Crippen LogP contribution in [0.1, 0.15) is 62.0 Å². The van der Waals surface area contributed by atoms with Crippen LogP contribution in [0.25, 0.3) is 0 Å². The van der Waals surface area contributed by atoms with Gasteiger partial charge in [0.1, 0.15) is 0 Å². The van der Waals surface area contributed by atoms with E-state index in [-0.39, 0.29) is 11.4 Å². The summed E-state index contributed by atoms with van der Waals surface area (Å²) in [7, 11) is 0. The van der Waals surface area contributed by atoms with Crippen LogP contribution in [0.3, 0.4) is 0 Å². The minimum absolute atomic E-state index is 0.0339. The zero-order valence-electron chi connectivity index (χ0n) is 12.3. The Morgan fingerprint density at radius 3 is 2.21 bits per heavy atom. The molecule has 0 fully saturated rings. The van der Waals surface area contributed by atoms with Crippen LogP contribution in [-0.4, -0.2) is 11.9 Å². The molecule has 4 heteroatoms. The number of nitrogens with zero attached hydrogens (tertiary/aromatic N) is 1. The smallest absolute Gasteiger partial charge is 0.280 e. The predicted molar refractivity (Wildman–Crippen MR) is 79.4 cm³/mol. The summed E-state index contributed by atoms with van der Waals surface area (Å²) in [5.74, 6) is -0.211. The molecule has 0 radical (unpaired) electrons. The van der Waals surface area contributed by atoms with Crippen LogP contribution in [0, 0.1) is 0 Å². The molecule has 0 bridgehead atoms. The zero-order chi connectivity index (χ0) is 14.8. The van der Waals surface area contributed by atoms with E-state index in [1.165, 1.54) is 5.56 Å². The van der Waals surface area contributed by atoms with Gasteiger partial charge < -0.3 is 11.5 Å². The molecule has 0 aromatic heterocycles. The maximum Gasteiger partial charge on any atom is 0.280 e. The fraction of sp³-hybridized carbons (Fsp3) is 0.467. The molecule has 0 saturated heterocycles. The molecule has 19 heavy (non-hydrogen) atoms. The van der Waals surface area contributed by atoms with Gasteiger partial charge in [-0.15, -0.1) is 0 Å². The Labute approximate surface area is 114 Å². The normalized spacial score (nSPS) is 11.5. The van der Waals surface area contributed by atoms with Crippen molar-refractivity contribution in [1.29, 1.82) is 0 Å².